The fraction of sp³-hybridized carbons (Fsp3) is 0.467. The van der Waals surface area contributed by atoms with Crippen LogP contribution in [0.4, 0.5) is 0 Å². The molecule has 2 aromatic rings. The molecule has 0 amide bonds. The minimum atomic E-state index is 0.772. The smallest absolute Gasteiger partial charge is 0.159 e. The van der Waals surface area contributed by atoms with Gasteiger partial charge in [-0.3, -0.25) is 0 Å². The van der Waals surface area contributed by atoms with Gasteiger partial charge in [-0.05, 0) is 31.5 Å². The SMILES string of the molecule is CC.CC.COc1cc2cc(C)cnc2nc1C. The number of pyridine rings is 2. The van der Waals surface area contributed by atoms with Crippen LogP contribution in [0.1, 0.15) is 39.0 Å². The van der Waals surface area contributed by atoms with E-state index in [1.165, 1.54) is 0 Å². The van der Waals surface area contributed by atoms with Crippen molar-refractivity contribution in [3.05, 3.63) is 29.6 Å². The molecule has 3 nitrogen and oxygen atoms in total. The van der Waals surface area contributed by atoms with E-state index in [1.54, 1.807) is 7.11 Å². The molecule has 0 radical (unpaired) electrons. The van der Waals surface area contributed by atoms with Crippen molar-refractivity contribution in [2.24, 2.45) is 0 Å². The Hall–Kier alpha value is -1.64. The molecule has 0 atom stereocenters. The number of ether oxygens (including phenoxy) is 1. The van der Waals surface area contributed by atoms with Gasteiger partial charge < -0.3 is 4.74 Å². The molecule has 0 aliphatic rings. The molecule has 2 aromatic heterocycles. The lowest BCUT2D eigenvalue weighted by Crippen LogP contribution is -1.93. The monoisotopic (exact) mass is 248 g/mol. The maximum atomic E-state index is 5.20. The van der Waals surface area contributed by atoms with E-state index in [-0.39, 0.29) is 0 Å². The molecule has 0 saturated carbocycles. The lowest BCUT2D eigenvalue weighted by Gasteiger charge is -2.05. The number of rotatable bonds is 1. The van der Waals surface area contributed by atoms with Crippen molar-refractivity contribution in [3.8, 4) is 5.75 Å². The van der Waals surface area contributed by atoms with Crippen LogP contribution in [-0.2, 0) is 0 Å². The quantitative estimate of drug-likeness (QED) is 0.754. The highest BCUT2D eigenvalue weighted by atomic mass is 16.5. The summed E-state index contributed by atoms with van der Waals surface area (Å²) in [4.78, 5) is 8.60. The Morgan fingerprint density at radius 2 is 1.61 bits per heavy atom. The van der Waals surface area contributed by atoms with Gasteiger partial charge in [-0.25, -0.2) is 9.97 Å². The van der Waals surface area contributed by atoms with E-state index in [1.807, 2.05) is 53.8 Å². The van der Waals surface area contributed by atoms with Gasteiger partial charge in [0.15, 0.2) is 5.65 Å². The molecule has 0 aliphatic carbocycles. The van der Waals surface area contributed by atoms with E-state index < -0.39 is 0 Å². The zero-order chi connectivity index (χ0) is 14.1. The van der Waals surface area contributed by atoms with Crippen molar-refractivity contribution >= 4 is 11.0 Å². The standard InChI is InChI=1S/C11H12N2O.2C2H6/c1-7-4-9-5-10(14-3)8(2)13-11(9)12-6-7;2*1-2/h4-6H,1-3H3;2*1-2H3. The second-order valence-electron chi connectivity index (χ2n) is 3.34. The first-order valence-corrected chi connectivity index (χ1v) is 6.48. The molecule has 100 valence electrons. The number of aromatic nitrogens is 2. The molecule has 0 N–H and O–H groups in total. The topological polar surface area (TPSA) is 35.0 Å². The van der Waals surface area contributed by atoms with Crippen LogP contribution >= 0.6 is 0 Å². The van der Waals surface area contributed by atoms with E-state index in [4.69, 9.17) is 4.74 Å². The number of aryl methyl sites for hydroxylation is 2. The minimum absolute atomic E-state index is 0.772. The van der Waals surface area contributed by atoms with Gasteiger partial charge in [-0.2, -0.15) is 0 Å². The van der Waals surface area contributed by atoms with Crippen LogP contribution in [0, 0.1) is 13.8 Å². The van der Waals surface area contributed by atoms with Gasteiger partial charge in [0.05, 0.1) is 12.8 Å². The van der Waals surface area contributed by atoms with Gasteiger partial charge in [-0.15, -0.1) is 0 Å². The number of nitrogens with zero attached hydrogens (tertiary/aromatic N) is 2. The van der Waals surface area contributed by atoms with Gasteiger partial charge in [0.2, 0.25) is 0 Å². The van der Waals surface area contributed by atoms with Crippen molar-refractivity contribution in [3.63, 3.8) is 0 Å². The first kappa shape index (κ1) is 16.4. The lowest BCUT2D eigenvalue weighted by atomic mass is 10.2. The molecular formula is C15H24N2O. The van der Waals surface area contributed by atoms with Gasteiger partial charge in [0.25, 0.3) is 0 Å². The van der Waals surface area contributed by atoms with Crippen LogP contribution in [-0.4, -0.2) is 17.1 Å². The number of hydrogen-bond donors (Lipinski definition) is 0. The van der Waals surface area contributed by atoms with Crippen LogP contribution < -0.4 is 4.74 Å². The van der Waals surface area contributed by atoms with E-state index in [9.17, 15) is 0 Å². The fourth-order valence-corrected chi connectivity index (χ4v) is 1.45. The third-order valence-electron chi connectivity index (χ3n) is 2.17. The van der Waals surface area contributed by atoms with Crippen molar-refractivity contribution in [1.82, 2.24) is 9.97 Å². The average Bonchev–Trinajstić information content (AvgIpc) is 2.43. The fourth-order valence-electron chi connectivity index (χ4n) is 1.45. The maximum absolute atomic E-state index is 5.20. The molecule has 2 rings (SSSR count). The Morgan fingerprint density at radius 1 is 1.00 bits per heavy atom. The lowest BCUT2D eigenvalue weighted by molar-refractivity contribution is 0.410. The van der Waals surface area contributed by atoms with Gasteiger partial charge in [0.1, 0.15) is 5.75 Å². The number of hydrogen-bond acceptors (Lipinski definition) is 3. The van der Waals surface area contributed by atoms with Crippen LogP contribution in [0.2, 0.25) is 0 Å². The summed E-state index contributed by atoms with van der Waals surface area (Å²) in [5.74, 6) is 0.810. The summed E-state index contributed by atoms with van der Waals surface area (Å²) in [6.07, 6.45) is 1.82. The zero-order valence-electron chi connectivity index (χ0n) is 12.5. The van der Waals surface area contributed by atoms with Crippen LogP contribution in [0.25, 0.3) is 11.0 Å². The summed E-state index contributed by atoms with van der Waals surface area (Å²) in [5.41, 5.74) is 2.77. The predicted octanol–water partition coefficient (Wildman–Crippen LogP) is 4.31. The molecule has 0 bridgehead atoms. The number of methoxy groups -OCH3 is 1. The van der Waals surface area contributed by atoms with Crippen molar-refractivity contribution in [2.45, 2.75) is 41.5 Å². The first-order chi connectivity index (χ1) is 8.70. The molecule has 0 aliphatic heterocycles. The van der Waals surface area contributed by atoms with E-state index in [0.29, 0.717) is 0 Å². The zero-order valence-corrected chi connectivity index (χ0v) is 12.5. The molecule has 0 aromatic carbocycles. The van der Waals surface area contributed by atoms with Crippen LogP contribution in [0.5, 0.6) is 5.75 Å². The molecule has 2 heterocycles. The molecule has 0 saturated heterocycles. The highest BCUT2D eigenvalue weighted by Gasteiger charge is 2.03. The van der Waals surface area contributed by atoms with Crippen molar-refractivity contribution < 1.29 is 4.74 Å². The average molecular weight is 248 g/mol. The third kappa shape index (κ3) is 3.99. The normalized spacial score (nSPS) is 8.83. The summed E-state index contributed by atoms with van der Waals surface area (Å²) in [5, 5.41) is 1.02. The second-order valence-corrected chi connectivity index (χ2v) is 3.34. The second kappa shape index (κ2) is 8.45. The molecule has 0 unspecified atom stereocenters. The van der Waals surface area contributed by atoms with Crippen LogP contribution in [0.15, 0.2) is 18.3 Å². The highest BCUT2D eigenvalue weighted by molar-refractivity contribution is 5.77. The van der Waals surface area contributed by atoms with Crippen LogP contribution in [0.3, 0.4) is 0 Å². The Morgan fingerprint density at radius 3 is 2.17 bits per heavy atom. The summed E-state index contributed by atoms with van der Waals surface area (Å²) in [6, 6.07) is 4.02. The molecular weight excluding hydrogens is 224 g/mol. The molecule has 0 spiro atoms. The summed E-state index contributed by atoms with van der Waals surface area (Å²) >= 11 is 0. The summed E-state index contributed by atoms with van der Waals surface area (Å²) in [6.45, 7) is 11.9. The largest absolute Gasteiger partial charge is 0.495 e. The molecule has 3 heteroatoms. The third-order valence-corrected chi connectivity index (χ3v) is 2.17. The minimum Gasteiger partial charge on any atom is -0.495 e. The highest BCUT2D eigenvalue weighted by Crippen LogP contribution is 2.21. The molecule has 18 heavy (non-hydrogen) atoms. The Kier molecular flexibility index (Phi) is 7.68. The summed E-state index contributed by atoms with van der Waals surface area (Å²) in [7, 11) is 1.65. The van der Waals surface area contributed by atoms with E-state index >= 15 is 0 Å². The van der Waals surface area contributed by atoms with E-state index in [2.05, 4.69) is 16.0 Å². The first-order valence-electron chi connectivity index (χ1n) is 6.48. The predicted molar refractivity (Wildman–Crippen MR) is 78.3 cm³/mol. The Balaban J connectivity index is 0.000000659. The maximum Gasteiger partial charge on any atom is 0.159 e. The van der Waals surface area contributed by atoms with Gasteiger partial charge in [-0.1, -0.05) is 27.7 Å². The van der Waals surface area contributed by atoms with Crippen molar-refractivity contribution in [2.75, 3.05) is 7.11 Å². The Bertz CT molecular complexity index is 481. The van der Waals surface area contributed by atoms with Gasteiger partial charge >= 0.3 is 0 Å². The molecule has 0 fully saturated rings. The number of fused-ring (bicyclic) bond motifs is 1. The van der Waals surface area contributed by atoms with Gasteiger partial charge in [0, 0.05) is 11.6 Å². The summed E-state index contributed by atoms with van der Waals surface area (Å²) < 4.78 is 5.20. The van der Waals surface area contributed by atoms with Crippen molar-refractivity contribution in [1.29, 1.82) is 0 Å². The Labute approximate surface area is 110 Å². The van der Waals surface area contributed by atoms with E-state index in [0.717, 1.165) is 28.0 Å².